The third-order valence-corrected chi connectivity index (χ3v) is 2.03. The van der Waals surface area contributed by atoms with E-state index >= 15 is 0 Å². The summed E-state index contributed by atoms with van der Waals surface area (Å²) in [6, 6.07) is 8.23. The van der Waals surface area contributed by atoms with Gasteiger partial charge in [0.25, 0.3) is 0 Å². The highest BCUT2D eigenvalue weighted by atomic mass is 79.9. The van der Waals surface area contributed by atoms with Crippen molar-refractivity contribution < 1.29 is 0 Å². The molecule has 1 nitrogen and oxygen atoms in total. The van der Waals surface area contributed by atoms with Gasteiger partial charge >= 0.3 is 0 Å². The van der Waals surface area contributed by atoms with Crippen molar-refractivity contribution in [1.29, 1.82) is 0 Å². The minimum atomic E-state index is 0.684. The van der Waals surface area contributed by atoms with Gasteiger partial charge in [0.2, 0.25) is 0 Å². The summed E-state index contributed by atoms with van der Waals surface area (Å²) in [5.41, 5.74) is 1.18. The van der Waals surface area contributed by atoms with Gasteiger partial charge in [0.15, 0.2) is 0 Å². The van der Waals surface area contributed by atoms with Crippen molar-refractivity contribution in [2.24, 2.45) is 5.92 Å². The first kappa shape index (κ1) is 9.59. The molecule has 0 unspecified atom stereocenters. The summed E-state index contributed by atoms with van der Waals surface area (Å²) in [5, 5.41) is 3.35. The highest BCUT2D eigenvalue weighted by molar-refractivity contribution is 9.10. The van der Waals surface area contributed by atoms with Gasteiger partial charge in [0.05, 0.1) is 0 Å². The van der Waals surface area contributed by atoms with Crippen LogP contribution in [0.15, 0.2) is 28.7 Å². The lowest BCUT2D eigenvalue weighted by Gasteiger charge is -2.08. The van der Waals surface area contributed by atoms with Crippen LogP contribution in [0, 0.1) is 5.92 Å². The molecule has 0 aliphatic heterocycles. The molecule has 0 saturated heterocycles. The molecule has 0 spiro atoms. The van der Waals surface area contributed by atoms with E-state index in [1.165, 1.54) is 5.69 Å². The Morgan fingerprint density at radius 3 is 2.75 bits per heavy atom. The van der Waals surface area contributed by atoms with Crippen molar-refractivity contribution in [2.45, 2.75) is 13.8 Å². The van der Waals surface area contributed by atoms with E-state index in [2.05, 4.69) is 47.2 Å². The molecule has 0 bridgehead atoms. The minimum Gasteiger partial charge on any atom is -0.385 e. The van der Waals surface area contributed by atoms with Crippen LogP contribution in [-0.4, -0.2) is 6.54 Å². The molecule has 1 aromatic rings. The maximum absolute atomic E-state index is 3.43. The normalized spacial score (nSPS) is 10.3. The summed E-state index contributed by atoms with van der Waals surface area (Å²) >= 11 is 3.43. The van der Waals surface area contributed by atoms with Crippen LogP contribution in [0.4, 0.5) is 5.69 Å². The summed E-state index contributed by atoms with van der Waals surface area (Å²) in [5.74, 6) is 0.684. The Bertz CT molecular complexity index is 245. The zero-order valence-corrected chi connectivity index (χ0v) is 9.06. The molecule has 0 atom stereocenters. The predicted molar refractivity (Wildman–Crippen MR) is 57.5 cm³/mol. The zero-order valence-electron chi connectivity index (χ0n) is 7.47. The highest BCUT2D eigenvalue weighted by Crippen LogP contribution is 2.15. The molecule has 1 aromatic carbocycles. The average Bonchev–Trinajstić information content (AvgIpc) is 2.01. The van der Waals surface area contributed by atoms with E-state index in [1.54, 1.807) is 0 Å². The largest absolute Gasteiger partial charge is 0.385 e. The average molecular weight is 228 g/mol. The quantitative estimate of drug-likeness (QED) is 0.834. The Morgan fingerprint density at radius 2 is 2.17 bits per heavy atom. The molecule has 0 aliphatic rings. The molecule has 0 saturated carbocycles. The van der Waals surface area contributed by atoms with E-state index in [4.69, 9.17) is 0 Å². The van der Waals surface area contributed by atoms with Gasteiger partial charge in [0, 0.05) is 16.7 Å². The SMILES string of the molecule is CC(C)CNc1cccc(Br)c1. The fourth-order valence-electron chi connectivity index (χ4n) is 0.920. The summed E-state index contributed by atoms with van der Waals surface area (Å²) in [7, 11) is 0. The molecular weight excluding hydrogens is 214 g/mol. The van der Waals surface area contributed by atoms with Gasteiger partial charge in [-0.15, -0.1) is 0 Å². The van der Waals surface area contributed by atoms with Gasteiger partial charge in [0.1, 0.15) is 0 Å². The summed E-state index contributed by atoms with van der Waals surface area (Å²) in [4.78, 5) is 0. The Kier molecular flexibility index (Phi) is 3.60. The van der Waals surface area contributed by atoms with Gasteiger partial charge in [-0.1, -0.05) is 35.8 Å². The van der Waals surface area contributed by atoms with E-state index < -0.39 is 0 Å². The Labute approximate surface area is 82.3 Å². The third-order valence-electron chi connectivity index (χ3n) is 1.54. The minimum absolute atomic E-state index is 0.684. The number of hydrogen-bond acceptors (Lipinski definition) is 1. The van der Waals surface area contributed by atoms with Crippen molar-refractivity contribution in [1.82, 2.24) is 0 Å². The predicted octanol–water partition coefficient (Wildman–Crippen LogP) is 3.52. The van der Waals surface area contributed by atoms with Crippen molar-refractivity contribution in [3.63, 3.8) is 0 Å². The van der Waals surface area contributed by atoms with Gasteiger partial charge in [-0.2, -0.15) is 0 Å². The van der Waals surface area contributed by atoms with Crippen LogP contribution in [0.5, 0.6) is 0 Å². The van der Waals surface area contributed by atoms with Crippen molar-refractivity contribution in [3.8, 4) is 0 Å². The molecule has 66 valence electrons. The van der Waals surface area contributed by atoms with Crippen LogP contribution in [0.3, 0.4) is 0 Å². The molecule has 0 radical (unpaired) electrons. The molecular formula is C10H14BrN. The van der Waals surface area contributed by atoms with Gasteiger partial charge in [-0.25, -0.2) is 0 Å². The van der Waals surface area contributed by atoms with E-state index in [0.29, 0.717) is 5.92 Å². The monoisotopic (exact) mass is 227 g/mol. The molecule has 0 aromatic heterocycles. The summed E-state index contributed by atoms with van der Waals surface area (Å²) < 4.78 is 1.12. The lowest BCUT2D eigenvalue weighted by molar-refractivity contribution is 0.689. The second kappa shape index (κ2) is 4.51. The first-order valence-corrected chi connectivity index (χ1v) is 4.97. The van der Waals surface area contributed by atoms with Crippen LogP contribution in [0.2, 0.25) is 0 Å². The molecule has 12 heavy (non-hydrogen) atoms. The van der Waals surface area contributed by atoms with Crippen LogP contribution in [-0.2, 0) is 0 Å². The molecule has 0 heterocycles. The third kappa shape index (κ3) is 3.26. The maximum atomic E-state index is 3.43. The first-order chi connectivity index (χ1) is 5.68. The number of rotatable bonds is 3. The van der Waals surface area contributed by atoms with Crippen LogP contribution in [0.25, 0.3) is 0 Å². The summed E-state index contributed by atoms with van der Waals surface area (Å²) in [6.45, 7) is 5.42. The summed E-state index contributed by atoms with van der Waals surface area (Å²) in [6.07, 6.45) is 0. The Morgan fingerprint density at radius 1 is 1.42 bits per heavy atom. The van der Waals surface area contributed by atoms with Gasteiger partial charge in [-0.3, -0.25) is 0 Å². The zero-order chi connectivity index (χ0) is 8.97. The fraction of sp³-hybridized carbons (Fsp3) is 0.400. The fourth-order valence-corrected chi connectivity index (χ4v) is 1.32. The molecule has 0 aliphatic carbocycles. The maximum Gasteiger partial charge on any atom is 0.0351 e. The van der Waals surface area contributed by atoms with Gasteiger partial charge in [-0.05, 0) is 24.1 Å². The standard InChI is InChI=1S/C10H14BrN/c1-8(2)7-12-10-5-3-4-9(11)6-10/h3-6,8,12H,7H2,1-2H3. The number of benzene rings is 1. The van der Waals surface area contributed by atoms with Crippen molar-refractivity contribution in [2.75, 3.05) is 11.9 Å². The molecule has 1 N–H and O–H groups in total. The molecule has 1 rings (SSSR count). The van der Waals surface area contributed by atoms with E-state index in [0.717, 1.165) is 11.0 Å². The Balaban J connectivity index is 2.52. The molecule has 0 amide bonds. The Hall–Kier alpha value is -0.500. The van der Waals surface area contributed by atoms with Crippen LogP contribution >= 0.6 is 15.9 Å². The van der Waals surface area contributed by atoms with E-state index in [9.17, 15) is 0 Å². The number of anilines is 1. The first-order valence-electron chi connectivity index (χ1n) is 4.18. The highest BCUT2D eigenvalue weighted by Gasteiger charge is 1.94. The van der Waals surface area contributed by atoms with E-state index in [-0.39, 0.29) is 0 Å². The van der Waals surface area contributed by atoms with E-state index in [1.807, 2.05) is 12.1 Å². The second-order valence-electron chi connectivity index (χ2n) is 3.29. The number of hydrogen-bond donors (Lipinski definition) is 1. The lowest BCUT2D eigenvalue weighted by Crippen LogP contribution is -2.07. The molecule has 0 fully saturated rings. The number of halogens is 1. The smallest absolute Gasteiger partial charge is 0.0351 e. The van der Waals surface area contributed by atoms with Crippen LogP contribution in [0.1, 0.15) is 13.8 Å². The van der Waals surface area contributed by atoms with Crippen LogP contribution < -0.4 is 5.32 Å². The van der Waals surface area contributed by atoms with Crippen molar-refractivity contribution >= 4 is 21.6 Å². The lowest BCUT2D eigenvalue weighted by atomic mass is 10.2. The van der Waals surface area contributed by atoms with Gasteiger partial charge < -0.3 is 5.32 Å². The molecule has 2 heteroatoms. The number of nitrogens with one attached hydrogen (secondary N) is 1. The second-order valence-corrected chi connectivity index (χ2v) is 4.20. The topological polar surface area (TPSA) is 12.0 Å². The van der Waals surface area contributed by atoms with Crippen molar-refractivity contribution in [3.05, 3.63) is 28.7 Å².